The van der Waals surface area contributed by atoms with Crippen LogP contribution in [0.1, 0.15) is 5.69 Å². The molecule has 0 saturated carbocycles. The molecule has 1 unspecified atom stereocenters. The summed E-state index contributed by atoms with van der Waals surface area (Å²) in [7, 11) is -1.10. The third kappa shape index (κ3) is 3.33. The number of aryl methyl sites for hydroxylation is 1. The second kappa shape index (κ2) is 6.13. The Hall–Kier alpha value is -2.60. The zero-order valence-electron chi connectivity index (χ0n) is 13.7. The Bertz CT molecular complexity index is 997. The zero-order chi connectivity index (χ0) is 17.3. The fourth-order valence-electron chi connectivity index (χ4n) is 2.41. The average Bonchev–Trinajstić information content (AvgIpc) is 2.53. The predicted molar refractivity (Wildman–Crippen MR) is 94.6 cm³/mol. The molecule has 6 heteroatoms. The summed E-state index contributed by atoms with van der Waals surface area (Å²) >= 11 is 0. The normalized spacial score (nSPS) is 13.5. The van der Waals surface area contributed by atoms with Gasteiger partial charge in [-0.2, -0.15) is 0 Å². The van der Waals surface area contributed by atoms with Gasteiger partial charge in [-0.3, -0.25) is 4.98 Å². The van der Waals surface area contributed by atoms with E-state index in [9.17, 15) is 4.21 Å². The molecule has 0 aliphatic carbocycles. The van der Waals surface area contributed by atoms with Crippen molar-refractivity contribution in [3.05, 3.63) is 54.2 Å². The maximum absolute atomic E-state index is 11.7. The number of rotatable bonds is 4. The van der Waals surface area contributed by atoms with Gasteiger partial charge in [-0.1, -0.05) is 0 Å². The average molecular weight is 342 g/mol. The van der Waals surface area contributed by atoms with Gasteiger partial charge in [0.15, 0.2) is 0 Å². The first-order chi connectivity index (χ1) is 11.4. The minimum absolute atomic E-state index is 0.482. The van der Waals surface area contributed by atoms with Crippen LogP contribution >= 0.6 is 0 Å². The van der Waals surface area contributed by atoms with Crippen molar-refractivity contribution < 1.29 is 13.7 Å². The quantitative estimate of drug-likeness (QED) is 0.764. The standard InChI is InChI=1S/C18H18N2O3S/c1-12-10-18(16-9-6-14(22-2)11-17(16)20-12)23-13-4-7-15(8-5-13)24(3,19)21/h4-11,19H,1-3H3. The predicted octanol–water partition coefficient (Wildman–Crippen LogP) is 4.38. The van der Waals surface area contributed by atoms with E-state index in [4.69, 9.17) is 14.3 Å². The number of benzene rings is 2. The fourth-order valence-corrected chi connectivity index (χ4v) is 3.06. The van der Waals surface area contributed by atoms with Crippen molar-refractivity contribution in [3.8, 4) is 17.2 Å². The van der Waals surface area contributed by atoms with Gasteiger partial charge >= 0.3 is 0 Å². The van der Waals surface area contributed by atoms with Gasteiger partial charge < -0.3 is 9.47 Å². The van der Waals surface area contributed by atoms with Gasteiger partial charge in [-0.25, -0.2) is 8.99 Å². The number of fused-ring (bicyclic) bond motifs is 1. The Balaban J connectivity index is 2.00. The Morgan fingerprint density at radius 1 is 1.04 bits per heavy atom. The molecule has 0 bridgehead atoms. The number of nitrogens with one attached hydrogen (secondary N) is 1. The lowest BCUT2D eigenvalue weighted by molar-refractivity contribution is 0.415. The Labute approximate surface area is 141 Å². The highest BCUT2D eigenvalue weighted by Gasteiger charge is 2.09. The molecule has 1 N–H and O–H groups in total. The molecule has 24 heavy (non-hydrogen) atoms. The highest BCUT2D eigenvalue weighted by molar-refractivity contribution is 7.91. The number of hydrogen-bond acceptors (Lipinski definition) is 5. The highest BCUT2D eigenvalue weighted by Crippen LogP contribution is 2.32. The first-order valence-corrected chi connectivity index (χ1v) is 9.30. The van der Waals surface area contributed by atoms with Gasteiger partial charge in [0.05, 0.1) is 22.4 Å². The zero-order valence-corrected chi connectivity index (χ0v) is 14.5. The van der Waals surface area contributed by atoms with Gasteiger partial charge in [0.2, 0.25) is 0 Å². The number of aromatic nitrogens is 1. The molecule has 0 aliphatic rings. The Morgan fingerprint density at radius 3 is 2.33 bits per heavy atom. The first-order valence-electron chi connectivity index (χ1n) is 7.34. The van der Waals surface area contributed by atoms with Gasteiger partial charge in [0.25, 0.3) is 0 Å². The maximum Gasteiger partial charge on any atom is 0.138 e. The van der Waals surface area contributed by atoms with Crippen molar-refractivity contribution in [1.29, 1.82) is 4.78 Å². The summed E-state index contributed by atoms with van der Waals surface area (Å²) in [5, 5.41) is 0.880. The van der Waals surface area contributed by atoms with Gasteiger partial charge in [0.1, 0.15) is 17.2 Å². The van der Waals surface area contributed by atoms with E-state index in [2.05, 4.69) is 4.98 Å². The summed E-state index contributed by atoms with van der Waals surface area (Å²) in [4.78, 5) is 4.99. The summed E-state index contributed by atoms with van der Waals surface area (Å²) in [6.45, 7) is 1.90. The minimum atomic E-state index is -2.72. The Morgan fingerprint density at radius 2 is 1.71 bits per heavy atom. The van der Waals surface area contributed by atoms with Crippen molar-refractivity contribution in [2.24, 2.45) is 0 Å². The van der Waals surface area contributed by atoms with Crippen LogP contribution in [0.4, 0.5) is 0 Å². The number of hydrogen-bond donors (Lipinski definition) is 1. The molecular weight excluding hydrogens is 324 g/mol. The molecule has 0 spiro atoms. The van der Waals surface area contributed by atoms with Crippen LogP contribution in [0.3, 0.4) is 0 Å². The van der Waals surface area contributed by atoms with Crippen molar-refractivity contribution in [2.75, 3.05) is 13.4 Å². The van der Waals surface area contributed by atoms with Crippen LogP contribution in [-0.2, 0) is 9.73 Å². The van der Waals surface area contributed by atoms with E-state index in [-0.39, 0.29) is 0 Å². The van der Waals surface area contributed by atoms with Crippen LogP contribution in [0.2, 0.25) is 0 Å². The van der Waals surface area contributed by atoms with Crippen LogP contribution in [0.15, 0.2) is 53.4 Å². The topological polar surface area (TPSA) is 72.3 Å². The van der Waals surface area contributed by atoms with Crippen LogP contribution in [-0.4, -0.2) is 22.6 Å². The molecular formula is C18H18N2O3S. The van der Waals surface area contributed by atoms with Crippen molar-refractivity contribution in [3.63, 3.8) is 0 Å². The number of pyridine rings is 1. The largest absolute Gasteiger partial charge is 0.497 e. The van der Waals surface area contributed by atoms with E-state index in [1.165, 1.54) is 6.26 Å². The van der Waals surface area contributed by atoms with Crippen LogP contribution < -0.4 is 9.47 Å². The molecule has 0 radical (unpaired) electrons. The van der Waals surface area contributed by atoms with Crippen molar-refractivity contribution >= 4 is 20.6 Å². The number of ether oxygens (including phenoxy) is 2. The van der Waals surface area contributed by atoms with E-state index in [0.717, 1.165) is 22.3 Å². The molecule has 0 saturated heterocycles. The minimum Gasteiger partial charge on any atom is -0.497 e. The van der Waals surface area contributed by atoms with Gasteiger partial charge in [0, 0.05) is 34.4 Å². The second-order valence-corrected chi connectivity index (χ2v) is 7.72. The van der Waals surface area contributed by atoms with Gasteiger partial charge in [-0.05, 0) is 43.3 Å². The van der Waals surface area contributed by atoms with Crippen molar-refractivity contribution in [2.45, 2.75) is 11.8 Å². The number of nitrogens with zero attached hydrogens (tertiary/aromatic N) is 1. The second-order valence-electron chi connectivity index (χ2n) is 5.56. The molecule has 1 aromatic heterocycles. The molecule has 1 atom stereocenters. The molecule has 3 rings (SSSR count). The summed E-state index contributed by atoms with van der Waals surface area (Å²) in [5.41, 5.74) is 1.63. The van der Waals surface area contributed by atoms with E-state index >= 15 is 0 Å². The SMILES string of the molecule is COc1ccc2c(Oc3ccc(S(C)(=N)=O)cc3)cc(C)nc2c1. The van der Waals surface area contributed by atoms with Gasteiger partial charge in [-0.15, -0.1) is 0 Å². The lowest BCUT2D eigenvalue weighted by atomic mass is 10.1. The van der Waals surface area contributed by atoms with E-state index in [0.29, 0.717) is 16.4 Å². The lowest BCUT2D eigenvalue weighted by Gasteiger charge is -2.11. The third-order valence-corrected chi connectivity index (χ3v) is 4.78. The Kier molecular flexibility index (Phi) is 4.15. The highest BCUT2D eigenvalue weighted by atomic mass is 32.2. The fraction of sp³-hybridized carbons (Fsp3) is 0.167. The third-order valence-electron chi connectivity index (χ3n) is 3.61. The molecule has 124 valence electrons. The molecule has 0 aliphatic heterocycles. The first kappa shape index (κ1) is 16.3. The van der Waals surface area contributed by atoms with Crippen LogP contribution in [0, 0.1) is 11.7 Å². The summed E-state index contributed by atoms with van der Waals surface area (Å²) < 4.78 is 30.6. The van der Waals surface area contributed by atoms with Crippen LogP contribution in [0.5, 0.6) is 17.2 Å². The molecule has 5 nitrogen and oxygen atoms in total. The summed E-state index contributed by atoms with van der Waals surface area (Å²) in [6.07, 6.45) is 1.40. The van der Waals surface area contributed by atoms with E-state index in [1.54, 1.807) is 31.4 Å². The molecule has 1 heterocycles. The summed E-state index contributed by atoms with van der Waals surface area (Å²) in [6, 6.07) is 14.3. The maximum atomic E-state index is 11.7. The van der Waals surface area contributed by atoms with E-state index in [1.807, 2.05) is 31.2 Å². The summed E-state index contributed by atoms with van der Waals surface area (Å²) in [5.74, 6) is 2.05. The molecule has 2 aromatic carbocycles. The lowest BCUT2D eigenvalue weighted by Crippen LogP contribution is -1.95. The van der Waals surface area contributed by atoms with Crippen molar-refractivity contribution in [1.82, 2.24) is 4.98 Å². The molecule has 3 aromatic rings. The number of methoxy groups -OCH3 is 1. The smallest absolute Gasteiger partial charge is 0.138 e. The van der Waals surface area contributed by atoms with E-state index < -0.39 is 9.73 Å². The van der Waals surface area contributed by atoms with Crippen LogP contribution in [0.25, 0.3) is 10.9 Å². The monoisotopic (exact) mass is 342 g/mol. The molecule has 0 fully saturated rings. The molecule has 0 amide bonds.